The molecule has 5 atom stereocenters. The van der Waals surface area contributed by atoms with Gasteiger partial charge in [-0.15, -0.1) is 0 Å². The monoisotopic (exact) mass is 312 g/mol. The molecule has 1 saturated heterocycles. The van der Waals surface area contributed by atoms with Crippen molar-refractivity contribution in [3.05, 3.63) is 29.8 Å². The maximum absolute atomic E-state index is 11.5. The van der Waals surface area contributed by atoms with Crippen molar-refractivity contribution >= 4 is 5.78 Å². The highest BCUT2D eigenvalue weighted by Gasteiger charge is 2.44. The minimum Gasteiger partial charge on any atom is -0.462 e. The first kappa shape index (κ1) is 16.9. The number of hydrogen-bond donors (Lipinski definition) is 4. The van der Waals surface area contributed by atoms with E-state index in [1.807, 2.05) is 0 Å². The summed E-state index contributed by atoms with van der Waals surface area (Å²) in [6, 6.07) is 6.27. The fraction of sp³-hybridized carbons (Fsp3) is 0.533. The molecule has 22 heavy (non-hydrogen) atoms. The Bertz CT molecular complexity index is 499. The summed E-state index contributed by atoms with van der Waals surface area (Å²) in [5.74, 6) is 0.330. The van der Waals surface area contributed by atoms with Gasteiger partial charge in [0.15, 0.2) is 5.78 Å². The van der Waals surface area contributed by atoms with Crippen LogP contribution in [0, 0.1) is 0 Å². The number of aliphatic hydroxyl groups excluding tert-OH is 4. The van der Waals surface area contributed by atoms with Gasteiger partial charge in [-0.1, -0.05) is 6.92 Å². The Morgan fingerprint density at radius 3 is 2.32 bits per heavy atom. The zero-order valence-electron chi connectivity index (χ0n) is 12.1. The molecule has 0 saturated carbocycles. The SMILES string of the molecule is CCC(=O)c1ccc(OC2OC(CO)C(O)C(O)C2O)cc1. The van der Waals surface area contributed by atoms with Gasteiger partial charge in [0.1, 0.15) is 30.2 Å². The zero-order chi connectivity index (χ0) is 16.3. The van der Waals surface area contributed by atoms with Crippen molar-refractivity contribution in [2.24, 2.45) is 0 Å². The van der Waals surface area contributed by atoms with Crippen LogP contribution in [0.5, 0.6) is 5.75 Å². The molecule has 1 heterocycles. The van der Waals surface area contributed by atoms with Gasteiger partial charge in [-0.3, -0.25) is 4.79 Å². The van der Waals surface area contributed by atoms with Crippen LogP contribution in [0.4, 0.5) is 0 Å². The van der Waals surface area contributed by atoms with E-state index in [1.165, 1.54) is 0 Å². The predicted octanol–water partition coefficient (Wildman–Crippen LogP) is -0.542. The lowest BCUT2D eigenvalue weighted by Gasteiger charge is -2.39. The van der Waals surface area contributed by atoms with Gasteiger partial charge in [0.2, 0.25) is 6.29 Å². The highest BCUT2D eigenvalue weighted by Crippen LogP contribution is 2.24. The molecule has 1 aromatic carbocycles. The number of benzene rings is 1. The molecule has 122 valence electrons. The third-order valence-corrected chi connectivity index (χ3v) is 3.60. The summed E-state index contributed by atoms with van der Waals surface area (Å²) in [5.41, 5.74) is 0.545. The fourth-order valence-electron chi connectivity index (χ4n) is 2.22. The van der Waals surface area contributed by atoms with Crippen LogP contribution >= 0.6 is 0 Å². The van der Waals surface area contributed by atoms with Crippen LogP contribution in [0.1, 0.15) is 23.7 Å². The summed E-state index contributed by atoms with van der Waals surface area (Å²) < 4.78 is 10.7. The Labute approximate surface area is 127 Å². The molecule has 0 spiro atoms. The quantitative estimate of drug-likeness (QED) is 0.539. The zero-order valence-corrected chi connectivity index (χ0v) is 12.1. The molecule has 0 amide bonds. The Balaban J connectivity index is 2.07. The molecule has 1 aliphatic heterocycles. The number of rotatable bonds is 5. The predicted molar refractivity (Wildman–Crippen MR) is 75.5 cm³/mol. The molecule has 5 unspecified atom stereocenters. The van der Waals surface area contributed by atoms with Gasteiger partial charge in [0, 0.05) is 12.0 Å². The summed E-state index contributed by atoms with van der Waals surface area (Å²) in [4.78, 5) is 11.5. The summed E-state index contributed by atoms with van der Waals surface area (Å²) in [6.45, 7) is 1.25. The lowest BCUT2D eigenvalue weighted by molar-refractivity contribution is -0.277. The Morgan fingerprint density at radius 1 is 1.14 bits per heavy atom. The van der Waals surface area contributed by atoms with Crippen LogP contribution in [0.15, 0.2) is 24.3 Å². The van der Waals surface area contributed by atoms with Crippen LogP contribution in [0.2, 0.25) is 0 Å². The lowest BCUT2D eigenvalue weighted by atomic mass is 9.99. The lowest BCUT2D eigenvalue weighted by Crippen LogP contribution is -2.60. The van der Waals surface area contributed by atoms with E-state index in [-0.39, 0.29) is 5.78 Å². The average Bonchev–Trinajstić information content (AvgIpc) is 2.55. The molecule has 1 aliphatic rings. The maximum Gasteiger partial charge on any atom is 0.229 e. The van der Waals surface area contributed by atoms with Crippen molar-refractivity contribution in [1.82, 2.24) is 0 Å². The van der Waals surface area contributed by atoms with Crippen molar-refractivity contribution in [1.29, 1.82) is 0 Å². The molecule has 7 heteroatoms. The second kappa shape index (κ2) is 7.17. The number of aliphatic hydroxyl groups is 4. The van der Waals surface area contributed by atoms with Crippen LogP contribution in [-0.4, -0.2) is 63.5 Å². The number of Topliss-reactive ketones (excluding diaryl/α,β-unsaturated/α-hetero) is 1. The van der Waals surface area contributed by atoms with Crippen molar-refractivity contribution in [3.8, 4) is 5.75 Å². The highest BCUT2D eigenvalue weighted by atomic mass is 16.7. The normalized spacial score (nSPS) is 31.8. The van der Waals surface area contributed by atoms with E-state index in [1.54, 1.807) is 31.2 Å². The standard InChI is InChI=1S/C15H20O7/c1-2-10(17)8-3-5-9(6-4-8)21-15-14(20)13(19)12(18)11(7-16)22-15/h3-6,11-16,18-20H,2,7H2,1H3. The Morgan fingerprint density at radius 2 is 1.77 bits per heavy atom. The number of ketones is 1. The van der Waals surface area contributed by atoms with E-state index < -0.39 is 37.3 Å². The summed E-state index contributed by atoms with van der Waals surface area (Å²) in [7, 11) is 0. The van der Waals surface area contributed by atoms with E-state index in [0.717, 1.165) is 0 Å². The minimum absolute atomic E-state index is 0.000565. The molecule has 7 nitrogen and oxygen atoms in total. The molecule has 0 bridgehead atoms. The molecule has 2 rings (SSSR count). The van der Waals surface area contributed by atoms with Gasteiger partial charge in [0.25, 0.3) is 0 Å². The van der Waals surface area contributed by atoms with Gasteiger partial charge in [-0.2, -0.15) is 0 Å². The smallest absolute Gasteiger partial charge is 0.229 e. The molecule has 0 aliphatic carbocycles. The first-order chi connectivity index (χ1) is 10.5. The van der Waals surface area contributed by atoms with Gasteiger partial charge in [-0.25, -0.2) is 0 Å². The second-order valence-electron chi connectivity index (χ2n) is 5.12. The summed E-state index contributed by atoms with van der Waals surface area (Å²) in [6.07, 6.45) is -6.24. The molecular weight excluding hydrogens is 292 g/mol. The average molecular weight is 312 g/mol. The van der Waals surface area contributed by atoms with E-state index in [2.05, 4.69) is 0 Å². The summed E-state index contributed by atoms with van der Waals surface area (Å²) >= 11 is 0. The minimum atomic E-state index is -1.49. The van der Waals surface area contributed by atoms with E-state index in [0.29, 0.717) is 17.7 Å². The first-order valence-electron chi connectivity index (χ1n) is 7.08. The van der Waals surface area contributed by atoms with Gasteiger partial charge in [0.05, 0.1) is 6.61 Å². The third kappa shape index (κ3) is 3.45. The van der Waals surface area contributed by atoms with Crippen LogP contribution < -0.4 is 4.74 Å². The summed E-state index contributed by atoms with van der Waals surface area (Å²) in [5, 5.41) is 38.3. The molecule has 1 aromatic rings. The molecule has 4 N–H and O–H groups in total. The van der Waals surface area contributed by atoms with Crippen molar-refractivity contribution < 1.29 is 34.7 Å². The Hall–Kier alpha value is -1.51. The van der Waals surface area contributed by atoms with E-state index in [9.17, 15) is 20.1 Å². The largest absolute Gasteiger partial charge is 0.462 e. The first-order valence-corrected chi connectivity index (χ1v) is 7.08. The number of hydrogen-bond acceptors (Lipinski definition) is 7. The van der Waals surface area contributed by atoms with Crippen LogP contribution in [0.25, 0.3) is 0 Å². The highest BCUT2D eigenvalue weighted by molar-refractivity contribution is 5.95. The van der Waals surface area contributed by atoms with Gasteiger partial charge < -0.3 is 29.9 Å². The van der Waals surface area contributed by atoms with E-state index in [4.69, 9.17) is 14.6 Å². The Kier molecular flexibility index (Phi) is 5.49. The topological polar surface area (TPSA) is 116 Å². The molecular formula is C15H20O7. The molecule has 0 radical (unpaired) electrons. The maximum atomic E-state index is 11.5. The third-order valence-electron chi connectivity index (χ3n) is 3.60. The number of carbonyl (C=O) groups excluding carboxylic acids is 1. The van der Waals surface area contributed by atoms with Gasteiger partial charge >= 0.3 is 0 Å². The van der Waals surface area contributed by atoms with Crippen LogP contribution in [0.3, 0.4) is 0 Å². The second-order valence-corrected chi connectivity index (χ2v) is 5.12. The fourth-order valence-corrected chi connectivity index (χ4v) is 2.22. The van der Waals surface area contributed by atoms with Crippen molar-refractivity contribution in [2.75, 3.05) is 6.61 Å². The van der Waals surface area contributed by atoms with Crippen molar-refractivity contribution in [3.63, 3.8) is 0 Å². The molecule has 1 fully saturated rings. The van der Waals surface area contributed by atoms with E-state index >= 15 is 0 Å². The number of carbonyl (C=O) groups is 1. The van der Waals surface area contributed by atoms with Crippen LogP contribution in [-0.2, 0) is 4.74 Å². The molecule has 0 aromatic heterocycles. The van der Waals surface area contributed by atoms with Gasteiger partial charge in [-0.05, 0) is 24.3 Å². The number of ether oxygens (including phenoxy) is 2. The van der Waals surface area contributed by atoms with Crippen molar-refractivity contribution in [2.45, 2.75) is 44.1 Å².